The van der Waals surface area contributed by atoms with E-state index in [0.29, 0.717) is 16.5 Å². The zero-order valence-corrected chi connectivity index (χ0v) is 17.5. The number of alkyl halides is 3. The second-order valence-electron chi connectivity index (χ2n) is 7.61. The van der Waals surface area contributed by atoms with Gasteiger partial charge in [-0.2, -0.15) is 13.2 Å². The number of fused-ring (bicyclic) bond motifs is 1. The monoisotopic (exact) mass is 455 g/mol. The molecule has 0 radical (unpaired) electrons. The van der Waals surface area contributed by atoms with E-state index in [0.717, 1.165) is 16.7 Å². The molecule has 1 N–H and O–H groups in total. The maximum absolute atomic E-state index is 14.9. The highest BCUT2D eigenvalue weighted by Crippen LogP contribution is 2.39. The predicted molar refractivity (Wildman–Crippen MR) is 115 cm³/mol. The first-order valence-electron chi connectivity index (χ1n) is 9.87. The molecule has 0 aliphatic heterocycles. The highest BCUT2D eigenvalue weighted by Gasteiger charge is 2.37. The molecule has 0 saturated heterocycles. The Labute approximate surface area is 185 Å². The van der Waals surface area contributed by atoms with E-state index in [1.165, 1.54) is 38.1 Å². The van der Waals surface area contributed by atoms with Crippen LogP contribution in [0.3, 0.4) is 0 Å². The van der Waals surface area contributed by atoms with Gasteiger partial charge in [-0.25, -0.2) is 9.18 Å². The molecule has 1 heterocycles. The third kappa shape index (κ3) is 3.67. The molecule has 4 rings (SSSR count). The van der Waals surface area contributed by atoms with E-state index >= 15 is 0 Å². The summed E-state index contributed by atoms with van der Waals surface area (Å²) in [5.41, 5.74) is -0.733. The Balaban J connectivity index is 2.01. The fourth-order valence-electron chi connectivity index (χ4n) is 4.12. The van der Waals surface area contributed by atoms with Crippen molar-refractivity contribution in [3.63, 3.8) is 0 Å². The Morgan fingerprint density at radius 1 is 0.939 bits per heavy atom. The molecule has 0 atom stereocenters. The Hall–Kier alpha value is -3.94. The van der Waals surface area contributed by atoms with Crippen LogP contribution in [0.1, 0.15) is 37.5 Å². The van der Waals surface area contributed by atoms with Gasteiger partial charge in [0.25, 0.3) is 5.91 Å². The number of para-hydroxylation sites is 1. The van der Waals surface area contributed by atoms with Gasteiger partial charge in [-0.15, -0.1) is 0 Å². The van der Waals surface area contributed by atoms with Crippen LogP contribution in [-0.4, -0.2) is 21.6 Å². The molecule has 0 fully saturated rings. The number of carbonyl (C=O) groups excluding carboxylic acids is 1. The molecular formula is C25H17F4NO3. The first-order chi connectivity index (χ1) is 15.5. The number of carboxylic acid groups (broad SMARTS) is 1. The quantitative estimate of drug-likeness (QED) is 0.360. The van der Waals surface area contributed by atoms with Crippen molar-refractivity contribution in [1.82, 2.24) is 4.57 Å². The Morgan fingerprint density at radius 3 is 2.27 bits per heavy atom. The van der Waals surface area contributed by atoms with E-state index in [1.54, 1.807) is 24.3 Å². The Kier molecular flexibility index (Phi) is 5.32. The van der Waals surface area contributed by atoms with Crippen LogP contribution in [0, 0.1) is 19.7 Å². The van der Waals surface area contributed by atoms with Crippen molar-refractivity contribution < 1.29 is 32.3 Å². The normalized spacial score (nSPS) is 11.7. The number of aryl methyl sites for hydroxylation is 1. The summed E-state index contributed by atoms with van der Waals surface area (Å²) < 4.78 is 57.1. The van der Waals surface area contributed by atoms with Crippen LogP contribution in [0.2, 0.25) is 0 Å². The van der Waals surface area contributed by atoms with E-state index in [-0.39, 0.29) is 22.4 Å². The third-order valence-corrected chi connectivity index (χ3v) is 5.59. The van der Waals surface area contributed by atoms with Crippen molar-refractivity contribution in [2.24, 2.45) is 0 Å². The van der Waals surface area contributed by atoms with Gasteiger partial charge in [0.15, 0.2) is 0 Å². The molecule has 0 amide bonds. The van der Waals surface area contributed by atoms with Crippen LogP contribution >= 0.6 is 0 Å². The minimum Gasteiger partial charge on any atom is -0.478 e. The number of nitrogens with zero attached hydrogens (tertiary/aromatic N) is 1. The number of halogens is 4. The number of hydrogen-bond acceptors (Lipinski definition) is 2. The van der Waals surface area contributed by atoms with Gasteiger partial charge in [-0.05, 0) is 43.7 Å². The van der Waals surface area contributed by atoms with Gasteiger partial charge in [0.05, 0.1) is 22.2 Å². The maximum atomic E-state index is 14.9. The lowest BCUT2D eigenvalue weighted by Gasteiger charge is -2.16. The molecule has 1 aromatic heterocycles. The number of hydrogen-bond donors (Lipinski definition) is 1. The van der Waals surface area contributed by atoms with E-state index < -0.39 is 35.0 Å². The molecule has 4 nitrogen and oxygen atoms in total. The van der Waals surface area contributed by atoms with Crippen LogP contribution in [-0.2, 0) is 6.18 Å². The molecule has 0 spiro atoms. The average molecular weight is 455 g/mol. The lowest BCUT2D eigenvalue weighted by atomic mass is 9.99. The minimum absolute atomic E-state index is 0.0427. The van der Waals surface area contributed by atoms with Crippen molar-refractivity contribution >= 4 is 22.8 Å². The van der Waals surface area contributed by atoms with Crippen molar-refractivity contribution in [2.75, 3.05) is 0 Å². The van der Waals surface area contributed by atoms with Crippen LogP contribution < -0.4 is 0 Å². The van der Waals surface area contributed by atoms with Crippen LogP contribution in [0.4, 0.5) is 17.6 Å². The summed E-state index contributed by atoms with van der Waals surface area (Å²) in [6.07, 6.45) is -4.74. The van der Waals surface area contributed by atoms with E-state index in [2.05, 4.69) is 0 Å². The molecule has 4 aromatic rings. The molecule has 0 unspecified atom stereocenters. The zero-order valence-electron chi connectivity index (χ0n) is 17.5. The summed E-state index contributed by atoms with van der Waals surface area (Å²) in [7, 11) is 0. The molecule has 168 valence electrons. The highest BCUT2D eigenvalue weighted by molar-refractivity contribution is 6.09. The molecule has 8 heteroatoms. The van der Waals surface area contributed by atoms with Gasteiger partial charge in [0.1, 0.15) is 5.82 Å². The van der Waals surface area contributed by atoms with Crippen molar-refractivity contribution in [1.29, 1.82) is 0 Å². The number of aromatic carboxylic acids is 1. The average Bonchev–Trinajstić information content (AvgIpc) is 3.04. The minimum atomic E-state index is -4.74. The first-order valence-corrected chi connectivity index (χ1v) is 9.87. The summed E-state index contributed by atoms with van der Waals surface area (Å²) in [4.78, 5) is 24.7. The first kappa shape index (κ1) is 22.3. The Morgan fingerprint density at radius 2 is 1.64 bits per heavy atom. The topological polar surface area (TPSA) is 59.3 Å². The van der Waals surface area contributed by atoms with Gasteiger partial charge in [0.2, 0.25) is 0 Å². The molecule has 3 aromatic carbocycles. The molecule has 0 bridgehead atoms. The summed E-state index contributed by atoms with van der Waals surface area (Å²) >= 11 is 0. The van der Waals surface area contributed by atoms with Crippen LogP contribution in [0.25, 0.3) is 22.0 Å². The van der Waals surface area contributed by atoms with Crippen molar-refractivity contribution in [3.05, 3.63) is 94.4 Å². The number of aromatic nitrogens is 1. The lowest BCUT2D eigenvalue weighted by Crippen LogP contribution is -2.21. The Bertz CT molecular complexity index is 1430. The second kappa shape index (κ2) is 7.88. The highest BCUT2D eigenvalue weighted by atomic mass is 19.4. The number of carboxylic acids is 1. The van der Waals surface area contributed by atoms with Gasteiger partial charge >= 0.3 is 12.1 Å². The van der Waals surface area contributed by atoms with E-state index in [9.17, 15) is 27.2 Å². The summed E-state index contributed by atoms with van der Waals surface area (Å²) in [5, 5.41) is 9.56. The fourth-order valence-corrected chi connectivity index (χ4v) is 4.12. The van der Waals surface area contributed by atoms with Gasteiger partial charge < -0.3 is 5.11 Å². The summed E-state index contributed by atoms with van der Waals surface area (Å²) in [6.45, 7) is 2.94. The SMILES string of the molecule is Cc1cccc(C(F)(F)F)c1C(=O)n1c(C)c(-c2ccc(C(=O)O)cc2F)c2ccccc21. The number of rotatable bonds is 3. The van der Waals surface area contributed by atoms with Crippen molar-refractivity contribution in [2.45, 2.75) is 20.0 Å². The number of carbonyl (C=O) groups is 2. The lowest BCUT2D eigenvalue weighted by molar-refractivity contribution is -0.138. The summed E-state index contributed by atoms with van der Waals surface area (Å²) in [5.74, 6) is -3.00. The third-order valence-electron chi connectivity index (χ3n) is 5.59. The van der Waals surface area contributed by atoms with Gasteiger partial charge in [-0.1, -0.05) is 36.4 Å². The standard InChI is InChI=1S/C25H17F4NO3/c1-13-6-5-8-18(25(27,28)29)21(13)23(31)30-14(2)22(17-7-3-4-9-20(17)30)16-11-10-15(24(32)33)12-19(16)26/h3-12H,1-2H3,(H,32,33). The molecule has 0 saturated carbocycles. The van der Waals surface area contributed by atoms with E-state index in [4.69, 9.17) is 5.11 Å². The van der Waals surface area contributed by atoms with Crippen LogP contribution in [0.15, 0.2) is 60.7 Å². The smallest absolute Gasteiger partial charge is 0.417 e. The summed E-state index contributed by atoms with van der Waals surface area (Å²) in [6, 6.07) is 13.4. The van der Waals surface area contributed by atoms with Gasteiger partial charge in [0, 0.05) is 22.2 Å². The largest absolute Gasteiger partial charge is 0.478 e. The zero-order chi connectivity index (χ0) is 24.1. The molecule has 0 aliphatic rings. The van der Waals surface area contributed by atoms with Crippen LogP contribution in [0.5, 0.6) is 0 Å². The molecule has 33 heavy (non-hydrogen) atoms. The van der Waals surface area contributed by atoms with Gasteiger partial charge in [-0.3, -0.25) is 9.36 Å². The second-order valence-corrected chi connectivity index (χ2v) is 7.61. The van der Waals surface area contributed by atoms with Crippen molar-refractivity contribution in [3.8, 4) is 11.1 Å². The maximum Gasteiger partial charge on any atom is 0.417 e. The predicted octanol–water partition coefficient (Wildman–Crippen LogP) is 6.47. The fraction of sp³-hybridized carbons (Fsp3) is 0.120. The molecule has 0 aliphatic carbocycles. The molecular weight excluding hydrogens is 438 g/mol. The number of benzene rings is 3. The van der Waals surface area contributed by atoms with E-state index in [1.807, 2.05) is 0 Å².